The third kappa shape index (κ3) is 6.27. The average Bonchev–Trinajstić information content (AvgIpc) is 3.72. The lowest BCUT2D eigenvalue weighted by atomic mass is 9.85. The number of rotatable bonds is 8. The van der Waals surface area contributed by atoms with Gasteiger partial charge in [0, 0.05) is 33.4 Å². The van der Waals surface area contributed by atoms with Crippen molar-refractivity contribution in [2.75, 3.05) is 4.90 Å². The Morgan fingerprint density at radius 1 is 0.281 bits per heavy atom. The SMILES string of the molecule is c1ccc(-c2ccc(N(c3ccc4c(c3)c(-c3ccccc3)c(-c3ccccc3)c3ccccc34)c3ccccc3-c3cccc4c3c3ccccc3n4-c3ccccc3)cc2)cc1. The van der Waals surface area contributed by atoms with Gasteiger partial charge in [-0.25, -0.2) is 0 Å². The highest BCUT2D eigenvalue weighted by Gasteiger charge is 2.24. The smallest absolute Gasteiger partial charge is 0.0547 e. The van der Waals surface area contributed by atoms with E-state index in [0.29, 0.717) is 0 Å². The Morgan fingerprint density at radius 3 is 1.47 bits per heavy atom. The van der Waals surface area contributed by atoms with Crippen molar-refractivity contribution in [2.45, 2.75) is 0 Å². The monoisotopic (exact) mass is 814 g/mol. The highest BCUT2D eigenvalue weighted by molar-refractivity contribution is 6.22. The van der Waals surface area contributed by atoms with Gasteiger partial charge in [-0.05, 0) is 115 Å². The van der Waals surface area contributed by atoms with E-state index in [1.165, 1.54) is 82.3 Å². The second kappa shape index (κ2) is 15.8. The number of fused-ring (bicyclic) bond motifs is 6. The molecule has 2 nitrogen and oxygen atoms in total. The van der Waals surface area contributed by atoms with Crippen molar-refractivity contribution >= 4 is 60.4 Å². The summed E-state index contributed by atoms with van der Waals surface area (Å²) >= 11 is 0. The zero-order valence-corrected chi connectivity index (χ0v) is 35.1. The van der Waals surface area contributed by atoms with Crippen molar-refractivity contribution in [1.29, 1.82) is 0 Å². The number of benzene rings is 11. The van der Waals surface area contributed by atoms with Gasteiger partial charge in [0.1, 0.15) is 0 Å². The van der Waals surface area contributed by atoms with Crippen molar-refractivity contribution in [3.05, 3.63) is 255 Å². The van der Waals surface area contributed by atoms with Crippen LogP contribution in [0.5, 0.6) is 0 Å². The zero-order valence-electron chi connectivity index (χ0n) is 35.1. The van der Waals surface area contributed by atoms with Gasteiger partial charge in [0.2, 0.25) is 0 Å². The molecule has 0 N–H and O–H groups in total. The molecule has 11 aromatic carbocycles. The molecule has 0 spiro atoms. The Labute approximate surface area is 373 Å². The van der Waals surface area contributed by atoms with Crippen LogP contribution in [0.2, 0.25) is 0 Å². The van der Waals surface area contributed by atoms with Crippen LogP contribution in [0, 0.1) is 0 Å². The van der Waals surface area contributed by atoms with Crippen LogP contribution in [-0.4, -0.2) is 4.57 Å². The molecular formula is C62H42N2. The Kier molecular flexibility index (Phi) is 9.20. The molecule has 0 saturated heterocycles. The molecule has 1 aromatic heterocycles. The normalized spacial score (nSPS) is 11.4. The molecule has 1 heterocycles. The first-order valence-electron chi connectivity index (χ1n) is 22.0. The first-order chi connectivity index (χ1) is 31.8. The minimum Gasteiger partial charge on any atom is -0.310 e. The summed E-state index contributed by atoms with van der Waals surface area (Å²) in [4.78, 5) is 2.46. The summed E-state index contributed by atoms with van der Waals surface area (Å²) in [7, 11) is 0. The van der Waals surface area contributed by atoms with Crippen LogP contribution < -0.4 is 4.90 Å². The topological polar surface area (TPSA) is 8.17 Å². The molecule has 0 atom stereocenters. The van der Waals surface area contributed by atoms with Gasteiger partial charge >= 0.3 is 0 Å². The van der Waals surface area contributed by atoms with E-state index >= 15 is 0 Å². The second-order valence-corrected chi connectivity index (χ2v) is 16.4. The maximum Gasteiger partial charge on any atom is 0.0547 e. The summed E-state index contributed by atoms with van der Waals surface area (Å²) in [6.45, 7) is 0. The molecule has 0 fully saturated rings. The highest BCUT2D eigenvalue weighted by atomic mass is 15.1. The minimum absolute atomic E-state index is 1.08. The molecule has 0 amide bonds. The lowest BCUT2D eigenvalue weighted by Crippen LogP contribution is -2.11. The molecule has 0 bridgehead atoms. The van der Waals surface area contributed by atoms with Gasteiger partial charge in [-0.1, -0.05) is 200 Å². The van der Waals surface area contributed by atoms with Gasteiger partial charge in [0.25, 0.3) is 0 Å². The van der Waals surface area contributed by atoms with Gasteiger partial charge in [-0.3, -0.25) is 0 Å². The molecule has 0 aliphatic heterocycles. The molecule has 2 heteroatoms. The highest BCUT2D eigenvalue weighted by Crippen LogP contribution is 2.49. The fourth-order valence-corrected chi connectivity index (χ4v) is 9.98. The summed E-state index contributed by atoms with van der Waals surface area (Å²) in [5.41, 5.74) is 16.4. The summed E-state index contributed by atoms with van der Waals surface area (Å²) in [6.07, 6.45) is 0. The third-order valence-electron chi connectivity index (χ3n) is 12.8. The number of anilines is 3. The number of para-hydroxylation sites is 3. The van der Waals surface area contributed by atoms with E-state index in [4.69, 9.17) is 0 Å². The number of hydrogen-bond acceptors (Lipinski definition) is 1. The molecule has 0 unspecified atom stereocenters. The summed E-state index contributed by atoms with van der Waals surface area (Å²) in [6, 6.07) is 92.7. The van der Waals surface area contributed by atoms with E-state index in [2.05, 4.69) is 264 Å². The minimum atomic E-state index is 1.08. The van der Waals surface area contributed by atoms with Crippen molar-refractivity contribution in [3.63, 3.8) is 0 Å². The molecular weight excluding hydrogens is 773 g/mol. The maximum atomic E-state index is 2.46. The van der Waals surface area contributed by atoms with Crippen LogP contribution in [0.25, 0.3) is 93.5 Å². The summed E-state index contributed by atoms with van der Waals surface area (Å²) in [5.74, 6) is 0. The van der Waals surface area contributed by atoms with Crippen LogP contribution >= 0.6 is 0 Å². The third-order valence-corrected chi connectivity index (χ3v) is 12.8. The molecule has 12 rings (SSSR count). The standard InChI is InChI=1S/C62H42N2/c1-5-20-43(21-6-1)44-36-38-48(39-37-44)63(57-33-17-15-29-52(57)54-32-19-35-59-62(54)55-31-16-18-34-58(55)64(59)47-26-11-4-12-27-47)49-40-41-51-50-28-13-14-30-53(50)60(45-22-7-2-8-23-45)61(56(51)42-49)46-24-9-3-10-25-46/h1-42H. The molecule has 0 aliphatic carbocycles. The van der Waals surface area contributed by atoms with Gasteiger partial charge < -0.3 is 9.47 Å². The summed E-state index contributed by atoms with van der Waals surface area (Å²) in [5, 5.41) is 7.38. The van der Waals surface area contributed by atoms with Crippen LogP contribution in [0.4, 0.5) is 17.1 Å². The van der Waals surface area contributed by atoms with E-state index in [1.807, 2.05) is 0 Å². The maximum absolute atomic E-state index is 2.46. The molecule has 64 heavy (non-hydrogen) atoms. The van der Waals surface area contributed by atoms with Crippen LogP contribution in [0.3, 0.4) is 0 Å². The Balaban J connectivity index is 1.15. The first kappa shape index (κ1) is 37.3. The number of nitrogens with zero attached hydrogens (tertiary/aromatic N) is 2. The van der Waals surface area contributed by atoms with Crippen molar-refractivity contribution in [3.8, 4) is 50.2 Å². The van der Waals surface area contributed by atoms with Crippen molar-refractivity contribution in [2.24, 2.45) is 0 Å². The fraction of sp³-hybridized carbons (Fsp3) is 0. The fourth-order valence-electron chi connectivity index (χ4n) is 9.98. The van der Waals surface area contributed by atoms with Crippen molar-refractivity contribution in [1.82, 2.24) is 4.57 Å². The van der Waals surface area contributed by atoms with Crippen LogP contribution in [0.1, 0.15) is 0 Å². The van der Waals surface area contributed by atoms with E-state index in [9.17, 15) is 0 Å². The lowest BCUT2D eigenvalue weighted by molar-refractivity contribution is 1.18. The lowest BCUT2D eigenvalue weighted by Gasteiger charge is -2.29. The predicted molar refractivity (Wildman–Crippen MR) is 272 cm³/mol. The zero-order chi connectivity index (χ0) is 42.4. The molecule has 12 aromatic rings. The Hall–Kier alpha value is -8.46. The second-order valence-electron chi connectivity index (χ2n) is 16.4. The molecule has 300 valence electrons. The summed E-state index contributed by atoms with van der Waals surface area (Å²) < 4.78 is 2.40. The number of aromatic nitrogens is 1. The van der Waals surface area contributed by atoms with Gasteiger partial charge in [-0.2, -0.15) is 0 Å². The average molecular weight is 815 g/mol. The van der Waals surface area contributed by atoms with E-state index < -0.39 is 0 Å². The van der Waals surface area contributed by atoms with Crippen LogP contribution in [0.15, 0.2) is 255 Å². The first-order valence-corrected chi connectivity index (χ1v) is 22.0. The van der Waals surface area contributed by atoms with Gasteiger partial charge in [0.15, 0.2) is 0 Å². The van der Waals surface area contributed by atoms with Crippen LogP contribution in [-0.2, 0) is 0 Å². The number of hydrogen-bond donors (Lipinski definition) is 0. The molecule has 0 aliphatic rings. The molecule has 0 radical (unpaired) electrons. The Bertz CT molecular complexity index is 3630. The molecule has 0 saturated carbocycles. The predicted octanol–water partition coefficient (Wildman–Crippen LogP) is 17.2. The van der Waals surface area contributed by atoms with Gasteiger partial charge in [0.05, 0.1) is 16.7 Å². The van der Waals surface area contributed by atoms with E-state index in [0.717, 1.165) is 28.3 Å². The van der Waals surface area contributed by atoms with E-state index in [1.54, 1.807) is 0 Å². The van der Waals surface area contributed by atoms with E-state index in [-0.39, 0.29) is 0 Å². The Morgan fingerprint density at radius 2 is 0.766 bits per heavy atom. The quantitative estimate of drug-likeness (QED) is 0.139. The van der Waals surface area contributed by atoms with Gasteiger partial charge in [-0.15, -0.1) is 0 Å². The largest absolute Gasteiger partial charge is 0.310 e. The van der Waals surface area contributed by atoms with Crippen molar-refractivity contribution < 1.29 is 0 Å².